The first-order valence-electron chi connectivity index (χ1n) is 9.95. The van der Waals surface area contributed by atoms with Gasteiger partial charge in [0.05, 0.1) is 6.20 Å². The molecular formula is C22H23ClFN3O2. The van der Waals surface area contributed by atoms with E-state index in [9.17, 15) is 14.0 Å². The van der Waals surface area contributed by atoms with Crippen LogP contribution in [0.5, 0.6) is 0 Å². The van der Waals surface area contributed by atoms with Gasteiger partial charge in [-0.3, -0.25) is 9.59 Å². The average Bonchev–Trinajstić information content (AvgIpc) is 3.20. The molecule has 0 bridgehead atoms. The van der Waals surface area contributed by atoms with Gasteiger partial charge in [-0.05, 0) is 73.4 Å². The number of pyridine rings is 1. The van der Waals surface area contributed by atoms with Crippen molar-refractivity contribution in [2.45, 2.75) is 38.3 Å². The summed E-state index contributed by atoms with van der Waals surface area (Å²) in [6.45, 7) is 2.08. The number of nitrogens with one attached hydrogen (secondary N) is 2. The third kappa shape index (κ3) is 4.27. The molecule has 1 aromatic heterocycles. The summed E-state index contributed by atoms with van der Waals surface area (Å²) in [7, 11) is 0. The van der Waals surface area contributed by atoms with Crippen molar-refractivity contribution in [1.29, 1.82) is 0 Å². The van der Waals surface area contributed by atoms with Crippen LogP contribution in [-0.2, 0) is 0 Å². The number of aromatic nitrogens is 1. The maximum absolute atomic E-state index is 13.0. The van der Waals surface area contributed by atoms with E-state index in [1.807, 2.05) is 0 Å². The van der Waals surface area contributed by atoms with Crippen LogP contribution in [0.3, 0.4) is 0 Å². The summed E-state index contributed by atoms with van der Waals surface area (Å²) in [5.74, 6) is 0.668. The molecule has 2 N–H and O–H groups in total. The highest BCUT2D eigenvalue weighted by Crippen LogP contribution is 2.59. The molecule has 2 aliphatic rings. The molecule has 2 fully saturated rings. The molecule has 0 radical (unpaired) electrons. The van der Waals surface area contributed by atoms with Gasteiger partial charge in [0.15, 0.2) is 0 Å². The zero-order chi connectivity index (χ0) is 20.5. The van der Waals surface area contributed by atoms with Gasteiger partial charge in [0.2, 0.25) is 0 Å². The third-order valence-corrected chi connectivity index (χ3v) is 6.39. The number of carbonyl (C=O) groups excluding carboxylic acids is 2. The van der Waals surface area contributed by atoms with E-state index in [4.69, 9.17) is 11.6 Å². The topological polar surface area (TPSA) is 71.1 Å². The minimum atomic E-state index is -0.460. The minimum Gasteiger partial charge on any atom is -0.349 e. The first-order chi connectivity index (χ1) is 14.0. The van der Waals surface area contributed by atoms with Gasteiger partial charge in [-0.25, -0.2) is 9.37 Å². The number of amides is 2. The van der Waals surface area contributed by atoms with E-state index >= 15 is 0 Å². The quantitative estimate of drug-likeness (QED) is 0.753. The summed E-state index contributed by atoms with van der Waals surface area (Å²) in [6.07, 6.45) is 3.71. The number of hydrogen-bond donors (Lipinski definition) is 2. The van der Waals surface area contributed by atoms with Gasteiger partial charge >= 0.3 is 0 Å². The van der Waals surface area contributed by atoms with Crippen LogP contribution in [-0.4, -0.2) is 28.9 Å². The molecule has 29 heavy (non-hydrogen) atoms. The average molecular weight is 416 g/mol. The van der Waals surface area contributed by atoms with Crippen molar-refractivity contribution in [3.8, 4) is 0 Å². The Morgan fingerprint density at radius 3 is 2.41 bits per heavy atom. The lowest BCUT2D eigenvalue weighted by molar-refractivity contribution is 0.0926. The number of nitrogens with zero attached hydrogens (tertiary/aromatic N) is 1. The number of hydrogen-bond acceptors (Lipinski definition) is 3. The Kier molecular flexibility index (Phi) is 5.54. The van der Waals surface area contributed by atoms with Gasteiger partial charge in [-0.2, -0.15) is 0 Å². The van der Waals surface area contributed by atoms with E-state index in [-0.39, 0.29) is 29.6 Å². The highest BCUT2D eigenvalue weighted by molar-refractivity contribution is 6.30. The van der Waals surface area contributed by atoms with Gasteiger partial charge in [0.1, 0.15) is 11.5 Å². The normalized spacial score (nSPS) is 25.8. The monoisotopic (exact) mass is 415 g/mol. The second kappa shape index (κ2) is 8.11. The lowest BCUT2D eigenvalue weighted by Crippen LogP contribution is -2.39. The number of fused-ring (bicyclic) bond motifs is 1. The molecule has 0 saturated heterocycles. The predicted octanol–water partition coefficient (Wildman–Crippen LogP) is 3.84. The van der Waals surface area contributed by atoms with Gasteiger partial charge in [-0.1, -0.05) is 18.5 Å². The van der Waals surface area contributed by atoms with Crippen LogP contribution < -0.4 is 10.6 Å². The molecule has 4 rings (SSSR count). The first-order valence-corrected chi connectivity index (χ1v) is 10.3. The molecule has 2 aliphatic carbocycles. The fraction of sp³-hybridized carbons (Fsp3) is 0.409. The summed E-state index contributed by atoms with van der Waals surface area (Å²) in [5.41, 5.74) is 0.834. The second-order valence-electron chi connectivity index (χ2n) is 7.90. The van der Waals surface area contributed by atoms with Gasteiger partial charge in [-0.15, -0.1) is 0 Å². The summed E-state index contributed by atoms with van der Waals surface area (Å²) >= 11 is 5.89. The van der Waals surface area contributed by atoms with Crippen LogP contribution in [0.4, 0.5) is 4.39 Å². The van der Waals surface area contributed by atoms with Crippen LogP contribution in [0.2, 0.25) is 5.02 Å². The van der Waals surface area contributed by atoms with Crippen LogP contribution in [0.15, 0.2) is 42.6 Å². The van der Waals surface area contributed by atoms with Crippen LogP contribution in [0, 0.1) is 23.6 Å². The van der Waals surface area contributed by atoms with Crippen molar-refractivity contribution in [1.82, 2.24) is 15.6 Å². The lowest BCUT2D eigenvalue weighted by Gasteiger charge is -2.22. The van der Waals surface area contributed by atoms with Crippen molar-refractivity contribution < 1.29 is 14.0 Å². The van der Waals surface area contributed by atoms with Crippen molar-refractivity contribution in [2.24, 2.45) is 17.8 Å². The summed E-state index contributed by atoms with van der Waals surface area (Å²) in [5, 5.41) is 6.77. The fourth-order valence-corrected chi connectivity index (χ4v) is 4.83. The van der Waals surface area contributed by atoms with Crippen LogP contribution in [0.1, 0.15) is 47.0 Å². The highest BCUT2D eigenvalue weighted by Gasteiger charge is 2.58. The second-order valence-corrected chi connectivity index (χ2v) is 8.34. The zero-order valence-electron chi connectivity index (χ0n) is 16.1. The Labute approximate surface area is 174 Å². The van der Waals surface area contributed by atoms with E-state index in [1.54, 1.807) is 24.3 Å². The molecule has 1 aromatic carbocycles. The molecule has 5 nitrogen and oxygen atoms in total. The molecule has 2 aromatic rings. The summed E-state index contributed by atoms with van der Waals surface area (Å²) in [6, 6.07) is 9.75. The van der Waals surface area contributed by atoms with Crippen molar-refractivity contribution >= 4 is 23.4 Å². The molecule has 152 valence electrons. The first kappa shape index (κ1) is 19.8. The molecule has 1 heterocycles. The number of benzene rings is 1. The smallest absolute Gasteiger partial charge is 0.270 e. The van der Waals surface area contributed by atoms with Crippen molar-refractivity contribution in [3.05, 3.63) is 64.7 Å². The maximum atomic E-state index is 13.0. The molecule has 3 unspecified atom stereocenters. The summed E-state index contributed by atoms with van der Waals surface area (Å²) in [4.78, 5) is 28.6. The zero-order valence-corrected chi connectivity index (χ0v) is 16.8. The van der Waals surface area contributed by atoms with Crippen LogP contribution in [0.25, 0.3) is 0 Å². The molecule has 2 saturated carbocycles. The Balaban J connectivity index is 1.29. The predicted molar refractivity (Wildman–Crippen MR) is 108 cm³/mol. The lowest BCUT2D eigenvalue weighted by atomic mass is 9.99. The van der Waals surface area contributed by atoms with E-state index < -0.39 is 5.82 Å². The SMILES string of the molecule is CCC(NC(=O)c1ccc(Cl)cc1)C1[C@H]2CC(NC(=O)c3ccc(F)cn3)C[C@@H]12. The number of carbonyl (C=O) groups is 2. The highest BCUT2D eigenvalue weighted by atomic mass is 35.5. The Morgan fingerprint density at radius 1 is 1.14 bits per heavy atom. The number of halogens is 2. The summed E-state index contributed by atoms with van der Waals surface area (Å²) < 4.78 is 13.0. The third-order valence-electron chi connectivity index (χ3n) is 6.13. The Bertz CT molecular complexity index is 891. The minimum absolute atomic E-state index is 0.0780. The fourth-order valence-electron chi connectivity index (χ4n) is 4.70. The molecule has 2 amide bonds. The molecule has 7 heteroatoms. The van der Waals surface area contributed by atoms with Gasteiger partial charge < -0.3 is 10.6 Å². The molecule has 0 spiro atoms. The molecular weight excluding hydrogens is 393 g/mol. The van der Waals surface area contributed by atoms with Gasteiger partial charge in [0, 0.05) is 22.7 Å². The standard InChI is InChI=1S/C22H23ClFN3O2/c1-2-18(27-21(28)12-3-5-13(23)6-4-12)20-16-9-15(10-17(16)20)26-22(29)19-8-7-14(24)11-25-19/h3-8,11,15-18,20H,2,9-10H2,1H3,(H,26,29)(H,27,28)/t15?,16-,17+,18?,20?. The van der Waals surface area contributed by atoms with Crippen molar-refractivity contribution in [2.75, 3.05) is 0 Å². The molecule has 0 aliphatic heterocycles. The largest absolute Gasteiger partial charge is 0.349 e. The Morgan fingerprint density at radius 2 is 1.83 bits per heavy atom. The van der Waals surface area contributed by atoms with E-state index in [0.29, 0.717) is 28.3 Å². The molecule has 5 atom stereocenters. The van der Waals surface area contributed by atoms with Crippen LogP contribution >= 0.6 is 11.6 Å². The van der Waals surface area contributed by atoms with E-state index in [1.165, 1.54) is 12.1 Å². The van der Waals surface area contributed by atoms with Gasteiger partial charge in [0.25, 0.3) is 11.8 Å². The van der Waals surface area contributed by atoms with E-state index in [0.717, 1.165) is 25.5 Å². The van der Waals surface area contributed by atoms with Crippen molar-refractivity contribution in [3.63, 3.8) is 0 Å². The maximum Gasteiger partial charge on any atom is 0.270 e. The number of rotatable bonds is 6. The van der Waals surface area contributed by atoms with E-state index in [2.05, 4.69) is 22.5 Å². The Hall–Kier alpha value is -2.47.